The Morgan fingerprint density at radius 3 is 2.41 bits per heavy atom. The molecule has 1 aliphatic rings. The van der Waals surface area contributed by atoms with E-state index < -0.39 is 5.60 Å². The van der Waals surface area contributed by atoms with Crippen molar-refractivity contribution in [3.63, 3.8) is 0 Å². The van der Waals surface area contributed by atoms with Gasteiger partial charge in [0.15, 0.2) is 6.61 Å². The summed E-state index contributed by atoms with van der Waals surface area (Å²) < 4.78 is 11.0. The van der Waals surface area contributed by atoms with E-state index in [-0.39, 0.29) is 12.5 Å². The molecule has 1 fully saturated rings. The highest BCUT2D eigenvalue weighted by atomic mass is 16.5. The minimum atomic E-state index is -0.891. The second kappa shape index (κ2) is 9.76. The van der Waals surface area contributed by atoms with Gasteiger partial charge < -0.3 is 19.5 Å². The zero-order chi connectivity index (χ0) is 20.7. The van der Waals surface area contributed by atoms with Gasteiger partial charge in [-0.3, -0.25) is 9.69 Å². The van der Waals surface area contributed by atoms with Gasteiger partial charge in [-0.2, -0.15) is 0 Å². The Morgan fingerprint density at radius 2 is 1.76 bits per heavy atom. The third kappa shape index (κ3) is 6.21. The Balaban J connectivity index is 1.45. The number of likely N-dealkylation sites (tertiary alicyclic amines) is 1. The molecule has 2 aromatic rings. The number of ether oxygens (including phenoxy) is 2. The third-order valence-corrected chi connectivity index (χ3v) is 5.11. The smallest absolute Gasteiger partial charge is 0.260 e. The summed E-state index contributed by atoms with van der Waals surface area (Å²) in [7, 11) is 1.71. The van der Waals surface area contributed by atoms with E-state index in [9.17, 15) is 9.90 Å². The van der Waals surface area contributed by atoms with Crippen LogP contribution in [0.15, 0.2) is 54.6 Å². The van der Waals surface area contributed by atoms with Crippen molar-refractivity contribution in [1.29, 1.82) is 0 Å². The summed E-state index contributed by atoms with van der Waals surface area (Å²) in [5, 5.41) is 10.9. The SMILES string of the molecule is CCOc1ccc(OCC(=O)N(C)CC2(O)CCN(Cc3ccccc3)C2)cc1. The predicted octanol–water partition coefficient (Wildman–Crippen LogP) is 2.56. The van der Waals surface area contributed by atoms with Crippen molar-refractivity contribution < 1.29 is 19.4 Å². The van der Waals surface area contributed by atoms with E-state index in [1.54, 1.807) is 24.1 Å². The number of amides is 1. The van der Waals surface area contributed by atoms with Gasteiger partial charge in [0.2, 0.25) is 0 Å². The number of benzene rings is 2. The fourth-order valence-electron chi connectivity index (χ4n) is 3.63. The molecule has 1 aliphatic heterocycles. The van der Waals surface area contributed by atoms with Crippen LogP contribution in [-0.4, -0.2) is 66.3 Å². The van der Waals surface area contributed by atoms with Crippen LogP contribution in [-0.2, 0) is 11.3 Å². The van der Waals surface area contributed by atoms with Crippen LogP contribution in [0.2, 0.25) is 0 Å². The molecular formula is C23H30N2O4. The van der Waals surface area contributed by atoms with Crippen LogP contribution >= 0.6 is 0 Å². The van der Waals surface area contributed by atoms with Crippen molar-refractivity contribution in [2.75, 3.05) is 39.9 Å². The summed E-state index contributed by atoms with van der Waals surface area (Å²) in [6.45, 7) is 4.95. The first-order chi connectivity index (χ1) is 14.0. The van der Waals surface area contributed by atoms with E-state index in [1.807, 2.05) is 37.3 Å². The molecule has 0 spiro atoms. The van der Waals surface area contributed by atoms with Crippen molar-refractivity contribution in [3.8, 4) is 11.5 Å². The fraction of sp³-hybridized carbons (Fsp3) is 0.435. The largest absolute Gasteiger partial charge is 0.494 e. The lowest BCUT2D eigenvalue weighted by Crippen LogP contribution is -2.46. The van der Waals surface area contributed by atoms with Crippen LogP contribution in [0.5, 0.6) is 11.5 Å². The number of hydrogen-bond acceptors (Lipinski definition) is 5. The number of β-amino-alcohol motifs (C(OH)–C–C–N with tert-alkyl or cyclic N) is 1. The van der Waals surface area contributed by atoms with Crippen LogP contribution in [0, 0.1) is 0 Å². The molecule has 3 rings (SSSR count). The van der Waals surface area contributed by atoms with Crippen molar-refractivity contribution in [3.05, 3.63) is 60.2 Å². The Hall–Kier alpha value is -2.57. The maximum absolute atomic E-state index is 12.4. The minimum Gasteiger partial charge on any atom is -0.494 e. The Kier molecular flexibility index (Phi) is 7.12. The van der Waals surface area contributed by atoms with Gasteiger partial charge in [0.05, 0.1) is 18.8 Å². The summed E-state index contributed by atoms with van der Waals surface area (Å²) in [5.41, 5.74) is 0.336. The van der Waals surface area contributed by atoms with Crippen LogP contribution < -0.4 is 9.47 Å². The summed E-state index contributed by atoms with van der Waals surface area (Å²) in [4.78, 5) is 16.2. The van der Waals surface area contributed by atoms with E-state index in [0.29, 0.717) is 31.9 Å². The minimum absolute atomic E-state index is 0.0612. The number of carbonyl (C=O) groups is 1. The maximum Gasteiger partial charge on any atom is 0.260 e. The van der Waals surface area contributed by atoms with Crippen LogP contribution in [0.1, 0.15) is 18.9 Å². The fourth-order valence-corrected chi connectivity index (χ4v) is 3.63. The normalized spacial score (nSPS) is 19.1. The highest BCUT2D eigenvalue weighted by Gasteiger charge is 2.37. The van der Waals surface area contributed by atoms with Crippen LogP contribution in [0.25, 0.3) is 0 Å². The molecule has 1 heterocycles. The lowest BCUT2D eigenvalue weighted by Gasteiger charge is -2.29. The van der Waals surface area contributed by atoms with Crippen LogP contribution in [0.3, 0.4) is 0 Å². The zero-order valence-electron chi connectivity index (χ0n) is 17.2. The molecule has 2 aromatic carbocycles. The van der Waals surface area contributed by atoms with Gasteiger partial charge >= 0.3 is 0 Å². The molecule has 156 valence electrons. The van der Waals surface area contributed by atoms with E-state index >= 15 is 0 Å². The second-order valence-corrected chi connectivity index (χ2v) is 7.61. The Morgan fingerprint density at radius 1 is 1.10 bits per heavy atom. The standard InChI is InChI=1S/C23H30N2O4/c1-3-28-20-9-11-21(12-10-20)29-16-22(26)24(2)17-23(27)13-14-25(18-23)15-19-7-5-4-6-8-19/h4-12,27H,3,13-18H2,1-2H3. The second-order valence-electron chi connectivity index (χ2n) is 7.61. The molecule has 0 saturated carbocycles. The first-order valence-corrected chi connectivity index (χ1v) is 10.1. The maximum atomic E-state index is 12.4. The molecule has 1 amide bonds. The van der Waals surface area contributed by atoms with Gasteiger partial charge in [-0.05, 0) is 43.2 Å². The molecule has 1 atom stereocenters. The highest BCUT2D eigenvalue weighted by Crippen LogP contribution is 2.24. The number of aliphatic hydroxyl groups is 1. The summed E-state index contributed by atoms with van der Waals surface area (Å²) in [6.07, 6.45) is 0.650. The lowest BCUT2D eigenvalue weighted by atomic mass is 10.0. The molecule has 29 heavy (non-hydrogen) atoms. The Labute approximate surface area is 172 Å². The van der Waals surface area contributed by atoms with Gasteiger partial charge in [0.25, 0.3) is 5.91 Å². The molecule has 1 unspecified atom stereocenters. The topological polar surface area (TPSA) is 62.2 Å². The molecule has 0 radical (unpaired) electrons. The molecule has 1 saturated heterocycles. The van der Waals surface area contributed by atoms with Gasteiger partial charge in [-0.1, -0.05) is 30.3 Å². The molecule has 0 aromatic heterocycles. The summed E-state index contributed by atoms with van der Waals surface area (Å²) in [5.74, 6) is 1.23. The average molecular weight is 399 g/mol. The average Bonchev–Trinajstić information content (AvgIpc) is 3.08. The van der Waals surface area contributed by atoms with E-state index in [1.165, 1.54) is 5.56 Å². The third-order valence-electron chi connectivity index (χ3n) is 5.11. The van der Waals surface area contributed by atoms with Gasteiger partial charge in [0.1, 0.15) is 11.5 Å². The van der Waals surface area contributed by atoms with Crippen molar-refractivity contribution >= 4 is 5.91 Å². The van der Waals surface area contributed by atoms with E-state index in [0.717, 1.165) is 18.8 Å². The first-order valence-electron chi connectivity index (χ1n) is 10.1. The number of nitrogens with zero attached hydrogens (tertiary/aromatic N) is 2. The molecular weight excluding hydrogens is 368 g/mol. The van der Waals surface area contributed by atoms with Gasteiger partial charge in [0, 0.05) is 26.7 Å². The Bertz CT molecular complexity index is 781. The van der Waals surface area contributed by atoms with E-state index in [2.05, 4.69) is 17.0 Å². The van der Waals surface area contributed by atoms with Crippen molar-refractivity contribution in [2.24, 2.45) is 0 Å². The zero-order valence-corrected chi connectivity index (χ0v) is 17.2. The van der Waals surface area contributed by atoms with Gasteiger partial charge in [-0.25, -0.2) is 0 Å². The molecule has 0 bridgehead atoms. The van der Waals surface area contributed by atoms with Crippen LogP contribution in [0.4, 0.5) is 0 Å². The summed E-state index contributed by atoms with van der Waals surface area (Å²) >= 11 is 0. The lowest BCUT2D eigenvalue weighted by molar-refractivity contribution is -0.135. The summed E-state index contributed by atoms with van der Waals surface area (Å²) in [6, 6.07) is 17.4. The first kappa shape index (κ1) is 21.1. The molecule has 6 heteroatoms. The van der Waals surface area contributed by atoms with Crippen molar-refractivity contribution in [2.45, 2.75) is 25.5 Å². The molecule has 1 N–H and O–H groups in total. The highest BCUT2D eigenvalue weighted by molar-refractivity contribution is 5.77. The molecule has 6 nitrogen and oxygen atoms in total. The number of likely N-dealkylation sites (N-methyl/N-ethyl adjacent to an activating group) is 1. The van der Waals surface area contributed by atoms with Crippen molar-refractivity contribution in [1.82, 2.24) is 9.80 Å². The van der Waals surface area contributed by atoms with E-state index in [4.69, 9.17) is 9.47 Å². The predicted molar refractivity (Wildman–Crippen MR) is 112 cm³/mol. The molecule has 0 aliphatic carbocycles. The number of hydrogen-bond donors (Lipinski definition) is 1. The number of rotatable bonds is 9. The monoisotopic (exact) mass is 398 g/mol. The van der Waals surface area contributed by atoms with Gasteiger partial charge in [-0.15, -0.1) is 0 Å². The number of carbonyl (C=O) groups excluding carboxylic acids is 1. The quantitative estimate of drug-likeness (QED) is 0.703.